The van der Waals surface area contributed by atoms with Crippen LogP contribution in [0.5, 0.6) is 0 Å². The van der Waals surface area contributed by atoms with Gasteiger partial charge in [0.1, 0.15) is 11.6 Å². The number of halogens is 1. The van der Waals surface area contributed by atoms with Gasteiger partial charge in [-0.05, 0) is 49.9 Å². The van der Waals surface area contributed by atoms with Crippen molar-refractivity contribution in [3.05, 3.63) is 52.2 Å². The number of amides is 1. The van der Waals surface area contributed by atoms with Gasteiger partial charge in [0.05, 0.1) is 11.1 Å². The summed E-state index contributed by atoms with van der Waals surface area (Å²) in [6.07, 6.45) is 7.54. The standard InChI is InChI=1S/C22H24ClN5O/c23-15-7-8-18-16(12-15)17(13-19(25-18)14-5-6-14)22(29)24-10-9-21-27-26-20-4-2-1-3-11-28(20)21/h7-8,12-14H,1-6,9-11H2,(H,24,29). The number of rotatable bonds is 5. The Bertz CT molecular complexity index is 1070. The van der Waals surface area contributed by atoms with Gasteiger partial charge < -0.3 is 9.88 Å². The Morgan fingerprint density at radius 1 is 1.17 bits per heavy atom. The maximum absolute atomic E-state index is 13.0. The predicted molar refractivity (Wildman–Crippen MR) is 112 cm³/mol. The van der Waals surface area contributed by atoms with E-state index in [1.54, 1.807) is 0 Å². The van der Waals surface area contributed by atoms with Crippen LogP contribution in [-0.2, 0) is 19.4 Å². The molecule has 29 heavy (non-hydrogen) atoms. The van der Waals surface area contributed by atoms with Crippen LogP contribution in [0.15, 0.2) is 24.3 Å². The maximum Gasteiger partial charge on any atom is 0.252 e. The summed E-state index contributed by atoms with van der Waals surface area (Å²) in [5, 5.41) is 13.2. The number of carbonyl (C=O) groups excluding carboxylic acids is 1. The molecule has 1 aliphatic heterocycles. The summed E-state index contributed by atoms with van der Waals surface area (Å²) in [7, 11) is 0. The third-order valence-electron chi connectivity index (χ3n) is 5.85. The van der Waals surface area contributed by atoms with Crippen molar-refractivity contribution in [3.63, 3.8) is 0 Å². The van der Waals surface area contributed by atoms with Gasteiger partial charge in [0, 0.05) is 48.0 Å². The Morgan fingerprint density at radius 3 is 2.93 bits per heavy atom. The number of aromatic nitrogens is 4. The topological polar surface area (TPSA) is 72.7 Å². The van der Waals surface area contributed by atoms with Crippen LogP contribution in [0.25, 0.3) is 10.9 Å². The fourth-order valence-electron chi connectivity index (χ4n) is 4.11. The number of benzene rings is 1. The first-order valence-electron chi connectivity index (χ1n) is 10.5. The van der Waals surface area contributed by atoms with E-state index in [2.05, 4.69) is 20.1 Å². The van der Waals surface area contributed by atoms with Gasteiger partial charge in [-0.2, -0.15) is 0 Å². The lowest BCUT2D eigenvalue weighted by Crippen LogP contribution is -2.27. The van der Waals surface area contributed by atoms with E-state index in [1.807, 2.05) is 24.3 Å². The molecule has 1 aliphatic carbocycles. The molecule has 0 saturated heterocycles. The average molecular weight is 410 g/mol. The van der Waals surface area contributed by atoms with Gasteiger partial charge in [0.15, 0.2) is 0 Å². The highest BCUT2D eigenvalue weighted by atomic mass is 35.5. The van der Waals surface area contributed by atoms with Crippen LogP contribution in [0, 0.1) is 0 Å². The minimum absolute atomic E-state index is 0.0860. The fourth-order valence-corrected chi connectivity index (χ4v) is 4.28. The number of fused-ring (bicyclic) bond motifs is 2. The summed E-state index contributed by atoms with van der Waals surface area (Å²) < 4.78 is 2.23. The molecule has 1 amide bonds. The second-order valence-corrected chi connectivity index (χ2v) is 8.47. The van der Waals surface area contributed by atoms with Crippen molar-refractivity contribution in [2.24, 2.45) is 0 Å². The highest BCUT2D eigenvalue weighted by Gasteiger charge is 2.27. The first-order chi connectivity index (χ1) is 14.2. The molecule has 3 aromatic rings. The number of hydrogen-bond acceptors (Lipinski definition) is 4. The smallest absolute Gasteiger partial charge is 0.252 e. The van der Waals surface area contributed by atoms with E-state index in [-0.39, 0.29) is 5.91 Å². The van der Waals surface area contributed by atoms with Crippen LogP contribution < -0.4 is 5.32 Å². The van der Waals surface area contributed by atoms with Crippen LogP contribution in [-0.4, -0.2) is 32.2 Å². The molecular formula is C22H24ClN5O. The second kappa shape index (κ2) is 7.75. The molecule has 1 fully saturated rings. The van der Waals surface area contributed by atoms with Crippen LogP contribution in [0.3, 0.4) is 0 Å². The third kappa shape index (κ3) is 3.86. The highest BCUT2D eigenvalue weighted by molar-refractivity contribution is 6.31. The zero-order valence-electron chi connectivity index (χ0n) is 16.3. The lowest BCUT2D eigenvalue weighted by Gasteiger charge is -2.11. The van der Waals surface area contributed by atoms with Gasteiger partial charge in [0.25, 0.3) is 5.91 Å². The Balaban J connectivity index is 1.34. The molecule has 1 aromatic carbocycles. The molecule has 0 spiro atoms. The molecule has 7 heteroatoms. The maximum atomic E-state index is 13.0. The molecular weight excluding hydrogens is 386 g/mol. The van der Waals surface area contributed by atoms with Gasteiger partial charge in [-0.3, -0.25) is 9.78 Å². The van der Waals surface area contributed by atoms with Crippen molar-refractivity contribution in [1.29, 1.82) is 0 Å². The van der Waals surface area contributed by atoms with Crippen LogP contribution in [0.2, 0.25) is 5.02 Å². The van der Waals surface area contributed by atoms with E-state index < -0.39 is 0 Å². The quantitative estimate of drug-likeness (QED) is 0.689. The summed E-state index contributed by atoms with van der Waals surface area (Å²) in [5.74, 6) is 2.43. The Morgan fingerprint density at radius 2 is 2.07 bits per heavy atom. The summed E-state index contributed by atoms with van der Waals surface area (Å²) in [5.41, 5.74) is 2.49. The van der Waals surface area contributed by atoms with Crippen LogP contribution in [0.1, 0.15) is 65.7 Å². The van der Waals surface area contributed by atoms with E-state index in [0.717, 1.165) is 60.5 Å². The Hall–Kier alpha value is -2.47. The van der Waals surface area contributed by atoms with Crippen molar-refractivity contribution < 1.29 is 4.79 Å². The minimum atomic E-state index is -0.0860. The number of aryl methyl sites for hydroxylation is 1. The predicted octanol–water partition coefficient (Wildman–Crippen LogP) is 4.06. The second-order valence-electron chi connectivity index (χ2n) is 8.03. The number of nitrogens with one attached hydrogen (secondary N) is 1. The SMILES string of the molecule is O=C(NCCc1nnc2n1CCCCC2)c1cc(C2CC2)nc2ccc(Cl)cc12. The lowest BCUT2D eigenvalue weighted by molar-refractivity contribution is 0.0955. The summed E-state index contributed by atoms with van der Waals surface area (Å²) in [6.45, 7) is 1.50. The van der Waals surface area contributed by atoms with Crippen molar-refractivity contribution in [1.82, 2.24) is 25.1 Å². The fraction of sp³-hybridized carbons (Fsp3) is 0.455. The molecule has 0 bridgehead atoms. The summed E-state index contributed by atoms with van der Waals surface area (Å²) in [4.78, 5) is 17.8. The van der Waals surface area contributed by atoms with Crippen molar-refractivity contribution >= 4 is 28.4 Å². The van der Waals surface area contributed by atoms with Gasteiger partial charge in [-0.15, -0.1) is 10.2 Å². The number of pyridine rings is 1. The molecule has 1 saturated carbocycles. The van der Waals surface area contributed by atoms with E-state index in [9.17, 15) is 4.79 Å². The summed E-state index contributed by atoms with van der Waals surface area (Å²) >= 11 is 6.19. The molecule has 6 nitrogen and oxygen atoms in total. The number of carbonyl (C=O) groups is 1. The first kappa shape index (κ1) is 18.6. The van der Waals surface area contributed by atoms with Crippen molar-refractivity contribution in [2.75, 3.05) is 6.54 Å². The number of hydrogen-bond donors (Lipinski definition) is 1. The molecule has 0 atom stereocenters. The lowest BCUT2D eigenvalue weighted by atomic mass is 10.1. The summed E-state index contributed by atoms with van der Waals surface area (Å²) in [6, 6.07) is 7.49. The monoisotopic (exact) mass is 409 g/mol. The zero-order chi connectivity index (χ0) is 19.8. The molecule has 3 heterocycles. The van der Waals surface area contributed by atoms with Gasteiger partial charge >= 0.3 is 0 Å². The molecule has 0 unspecified atom stereocenters. The molecule has 2 aliphatic rings. The zero-order valence-corrected chi connectivity index (χ0v) is 17.1. The first-order valence-corrected chi connectivity index (χ1v) is 10.9. The Kier molecular flexibility index (Phi) is 4.96. The van der Waals surface area contributed by atoms with E-state index in [0.29, 0.717) is 29.5 Å². The number of nitrogens with zero attached hydrogens (tertiary/aromatic N) is 4. The van der Waals surface area contributed by atoms with Crippen molar-refractivity contribution in [3.8, 4) is 0 Å². The average Bonchev–Trinajstić information content (AvgIpc) is 3.53. The molecule has 1 N–H and O–H groups in total. The van der Waals surface area contributed by atoms with Crippen LogP contribution in [0.4, 0.5) is 0 Å². The largest absolute Gasteiger partial charge is 0.352 e. The minimum Gasteiger partial charge on any atom is -0.352 e. The van der Waals surface area contributed by atoms with E-state index in [1.165, 1.54) is 12.8 Å². The third-order valence-corrected chi connectivity index (χ3v) is 6.09. The van der Waals surface area contributed by atoms with E-state index >= 15 is 0 Å². The normalized spacial score (nSPS) is 16.4. The Labute approximate surface area is 174 Å². The van der Waals surface area contributed by atoms with Gasteiger partial charge in [-0.1, -0.05) is 18.0 Å². The van der Waals surface area contributed by atoms with Gasteiger partial charge in [-0.25, -0.2) is 0 Å². The highest BCUT2D eigenvalue weighted by Crippen LogP contribution is 2.40. The van der Waals surface area contributed by atoms with Gasteiger partial charge in [0.2, 0.25) is 0 Å². The molecule has 150 valence electrons. The molecule has 2 aromatic heterocycles. The van der Waals surface area contributed by atoms with E-state index in [4.69, 9.17) is 16.6 Å². The molecule has 5 rings (SSSR count). The van der Waals surface area contributed by atoms with Crippen molar-refractivity contribution in [2.45, 2.75) is 57.4 Å². The van der Waals surface area contributed by atoms with Crippen LogP contribution >= 0.6 is 11.6 Å². The molecule has 0 radical (unpaired) electrons.